The van der Waals surface area contributed by atoms with Gasteiger partial charge in [0.05, 0.1) is 11.6 Å². The summed E-state index contributed by atoms with van der Waals surface area (Å²) in [7, 11) is 1.52. The minimum atomic E-state index is -0.589. The standard InChI is InChI=1S/C14H9N5O3/c1-19-7-16-13-10(14(19)21)11(18-22-13)12(20)17-9-4-2-8(6-15)3-5-9/h2-5,7H,1H3,(H,17,20). The van der Waals surface area contributed by atoms with Gasteiger partial charge in [-0.1, -0.05) is 5.16 Å². The van der Waals surface area contributed by atoms with Crippen molar-refractivity contribution in [2.75, 3.05) is 5.32 Å². The molecule has 0 atom stereocenters. The molecule has 0 fully saturated rings. The average molecular weight is 295 g/mol. The van der Waals surface area contributed by atoms with Gasteiger partial charge in [0.25, 0.3) is 17.2 Å². The van der Waals surface area contributed by atoms with E-state index in [0.717, 1.165) is 0 Å². The molecule has 8 nitrogen and oxygen atoms in total. The van der Waals surface area contributed by atoms with Crippen molar-refractivity contribution in [1.82, 2.24) is 14.7 Å². The van der Waals surface area contributed by atoms with Gasteiger partial charge in [-0.15, -0.1) is 0 Å². The van der Waals surface area contributed by atoms with E-state index in [1.54, 1.807) is 24.3 Å². The van der Waals surface area contributed by atoms with Crippen LogP contribution in [0.4, 0.5) is 5.69 Å². The maximum absolute atomic E-state index is 12.2. The molecule has 0 bridgehead atoms. The number of hydrogen-bond acceptors (Lipinski definition) is 6. The molecule has 1 amide bonds. The predicted molar refractivity (Wildman–Crippen MR) is 76.2 cm³/mol. The first-order valence-electron chi connectivity index (χ1n) is 6.22. The summed E-state index contributed by atoms with van der Waals surface area (Å²) in [6, 6.07) is 8.27. The number of nitrogens with one attached hydrogen (secondary N) is 1. The number of carbonyl (C=O) groups is 1. The quantitative estimate of drug-likeness (QED) is 0.755. The Kier molecular flexibility index (Phi) is 3.16. The lowest BCUT2D eigenvalue weighted by atomic mass is 10.2. The van der Waals surface area contributed by atoms with Crippen molar-refractivity contribution in [1.29, 1.82) is 5.26 Å². The molecule has 0 aliphatic rings. The van der Waals surface area contributed by atoms with Crippen molar-refractivity contribution in [3.8, 4) is 6.07 Å². The second-order valence-corrected chi connectivity index (χ2v) is 4.52. The number of nitrogens with zero attached hydrogens (tertiary/aromatic N) is 4. The third kappa shape index (κ3) is 2.20. The Labute approximate surface area is 123 Å². The zero-order valence-corrected chi connectivity index (χ0v) is 11.4. The Bertz CT molecular complexity index is 963. The van der Waals surface area contributed by atoms with E-state index in [0.29, 0.717) is 11.3 Å². The van der Waals surface area contributed by atoms with Crippen molar-refractivity contribution in [2.24, 2.45) is 7.05 Å². The molecule has 0 saturated carbocycles. The fourth-order valence-corrected chi connectivity index (χ4v) is 1.90. The van der Waals surface area contributed by atoms with E-state index in [2.05, 4.69) is 15.5 Å². The summed E-state index contributed by atoms with van der Waals surface area (Å²) in [5.74, 6) is -0.589. The zero-order chi connectivity index (χ0) is 15.7. The van der Waals surface area contributed by atoms with Crippen LogP contribution < -0.4 is 10.9 Å². The van der Waals surface area contributed by atoms with Gasteiger partial charge >= 0.3 is 0 Å². The van der Waals surface area contributed by atoms with Gasteiger partial charge in [-0.3, -0.25) is 9.59 Å². The first kappa shape index (κ1) is 13.5. The molecule has 2 aromatic heterocycles. The number of amides is 1. The summed E-state index contributed by atoms with van der Waals surface area (Å²) in [5.41, 5.74) is 0.404. The lowest BCUT2D eigenvalue weighted by Crippen LogP contribution is -2.20. The van der Waals surface area contributed by atoms with Crippen LogP contribution in [-0.4, -0.2) is 20.6 Å². The fourth-order valence-electron chi connectivity index (χ4n) is 1.90. The topological polar surface area (TPSA) is 114 Å². The van der Waals surface area contributed by atoms with Crippen LogP contribution >= 0.6 is 0 Å². The summed E-state index contributed by atoms with van der Waals surface area (Å²) < 4.78 is 6.14. The van der Waals surface area contributed by atoms with Crippen LogP contribution in [0.15, 0.2) is 39.9 Å². The number of anilines is 1. The van der Waals surface area contributed by atoms with Gasteiger partial charge in [0.1, 0.15) is 11.7 Å². The van der Waals surface area contributed by atoms with E-state index in [4.69, 9.17) is 9.78 Å². The molecule has 0 aliphatic heterocycles. The fraction of sp³-hybridized carbons (Fsp3) is 0.0714. The monoisotopic (exact) mass is 295 g/mol. The van der Waals surface area contributed by atoms with Gasteiger partial charge in [0, 0.05) is 12.7 Å². The average Bonchev–Trinajstić information content (AvgIpc) is 2.96. The maximum atomic E-state index is 12.2. The van der Waals surface area contributed by atoms with E-state index >= 15 is 0 Å². The molecule has 0 aliphatic carbocycles. The van der Waals surface area contributed by atoms with Crippen LogP contribution in [0, 0.1) is 11.3 Å². The van der Waals surface area contributed by atoms with Gasteiger partial charge in [0.2, 0.25) is 0 Å². The van der Waals surface area contributed by atoms with Gasteiger partial charge in [-0.05, 0) is 24.3 Å². The van der Waals surface area contributed by atoms with Gasteiger partial charge in [0.15, 0.2) is 5.69 Å². The van der Waals surface area contributed by atoms with Crippen LogP contribution in [0.2, 0.25) is 0 Å². The van der Waals surface area contributed by atoms with Crippen molar-refractivity contribution in [3.05, 3.63) is 52.2 Å². The Morgan fingerprint density at radius 3 is 2.77 bits per heavy atom. The normalized spacial score (nSPS) is 10.4. The first-order valence-corrected chi connectivity index (χ1v) is 6.22. The Morgan fingerprint density at radius 2 is 2.09 bits per heavy atom. The number of nitriles is 1. The molecule has 0 unspecified atom stereocenters. The highest BCUT2D eigenvalue weighted by Crippen LogP contribution is 2.15. The van der Waals surface area contributed by atoms with Gasteiger partial charge in [-0.2, -0.15) is 5.26 Å². The Hall–Kier alpha value is -3.47. The zero-order valence-electron chi connectivity index (χ0n) is 11.4. The van der Waals surface area contributed by atoms with Crippen LogP contribution in [0.1, 0.15) is 16.1 Å². The lowest BCUT2D eigenvalue weighted by molar-refractivity contribution is 0.102. The highest BCUT2D eigenvalue weighted by molar-refractivity contribution is 6.09. The molecular weight excluding hydrogens is 286 g/mol. The molecule has 0 radical (unpaired) electrons. The summed E-state index contributed by atoms with van der Waals surface area (Å²) >= 11 is 0. The summed E-state index contributed by atoms with van der Waals surface area (Å²) in [6.45, 7) is 0. The number of carbonyl (C=O) groups excluding carboxylic acids is 1. The highest BCUT2D eigenvalue weighted by Gasteiger charge is 2.20. The van der Waals surface area contributed by atoms with E-state index in [1.807, 2.05) is 6.07 Å². The van der Waals surface area contributed by atoms with Crippen LogP contribution in [0.3, 0.4) is 0 Å². The van der Waals surface area contributed by atoms with Gasteiger partial charge in [-0.25, -0.2) is 4.98 Å². The predicted octanol–water partition coefficient (Wildman–Crippen LogP) is 1.05. The first-order chi connectivity index (χ1) is 10.6. The summed E-state index contributed by atoms with van der Waals surface area (Å²) in [6.07, 6.45) is 1.29. The van der Waals surface area contributed by atoms with Crippen LogP contribution in [-0.2, 0) is 7.05 Å². The van der Waals surface area contributed by atoms with Crippen molar-refractivity contribution in [2.45, 2.75) is 0 Å². The molecular formula is C14H9N5O3. The number of aryl methyl sites for hydroxylation is 1. The molecule has 108 valence electrons. The van der Waals surface area contributed by atoms with Crippen LogP contribution in [0.5, 0.6) is 0 Å². The molecule has 1 N–H and O–H groups in total. The molecule has 3 aromatic rings. The van der Waals surface area contributed by atoms with Crippen molar-refractivity contribution in [3.63, 3.8) is 0 Å². The molecule has 2 heterocycles. The minimum Gasteiger partial charge on any atom is -0.335 e. The third-order valence-corrected chi connectivity index (χ3v) is 3.04. The van der Waals surface area contributed by atoms with E-state index < -0.39 is 11.5 Å². The van der Waals surface area contributed by atoms with Crippen LogP contribution in [0.25, 0.3) is 11.1 Å². The second kappa shape index (κ2) is 5.14. The summed E-state index contributed by atoms with van der Waals surface area (Å²) in [4.78, 5) is 28.2. The van der Waals surface area contributed by atoms with E-state index in [-0.39, 0.29) is 16.8 Å². The Balaban J connectivity index is 1.97. The number of aromatic nitrogens is 3. The number of rotatable bonds is 2. The van der Waals surface area contributed by atoms with E-state index in [1.165, 1.54) is 17.9 Å². The lowest BCUT2D eigenvalue weighted by Gasteiger charge is -2.02. The van der Waals surface area contributed by atoms with Crippen molar-refractivity contribution < 1.29 is 9.32 Å². The number of hydrogen-bond donors (Lipinski definition) is 1. The molecule has 22 heavy (non-hydrogen) atoms. The molecule has 8 heteroatoms. The SMILES string of the molecule is Cn1cnc2onc(C(=O)Nc3ccc(C#N)cc3)c2c1=O. The molecule has 1 aromatic carbocycles. The number of fused-ring (bicyclic) bond motifs is 1. The highest BCUT2D eigenvalue weighted by atomic mass is 16.5. The smallest absolute Gasteiger partial charge is 0.278 e. The molecule has 0 spiro atoms. The minimum absolute atomic E-state index is 0.00748. The molecule has 3 rings (SSSR count). The summed E-state index contributed by atoms with van der Waals surface area (Å²) in [5, 5.41) is 15.0. The Morgan fingerprint density at radius 1 is 1.36 bits per heavy atom. The largest absolute Gasteiger partial charge is 0.335 e. The molecule has 0 saturated heterocycles. The number of benzene rings is 1. The second-order valence-electron chi connectivity index (χ2n) is 4.52. The third-order valence-electron chi connectivity index (χ3n) is 3.04. The van der Waals surface area contributed by atoms with E-state index in [9.17, 15) is 9.59 Å². The maximum Gasteiger partial charge on any atom is 0.278 e. The van der Waals surface area contributed by atoms with Crippen molar-refractivity contribution >= 4 is 22.7 Å². The van der Waals surface area contributed by atoms with Gasteiger partial charge < -0.3 is 14.4 Å².